The minimum Gasteiger partial charge on any atom is -0.496 e. The molecule has 0 aromatic heterocycles. The largest absolute Gasteiger partial charge is 0.496 e. The van der Waals surface area contributed by atoms with Crippen LogP contribution in [0.1, 0.15) is 19.4 Å². The molecule has 2 amide bonds. The lowest BCUT2D eigenvalue weighted by Gasteiger charge is -2.28. The number of benzene rings is 2. The fourth-order valence-corrected chi connectivity index (χ4v) is 2.78. The van der Waals surface area contributed by atoms with Gasteiger partial charge in [0.25, 0.3) is 5.91 Å². The van der Waals surface area contributed by atoms with Crippen LogP contribution in [0.2, 0.25) is 0 Å². The van der Waals surface area contributed by atoms with Crippen LogP contribution in [0, 0.1) is 5.82 Å². The van der Waals surface area contributed by atoms with E-state index in [0.29, 0.717) is 29.4 Å². The van der Waals surface area contributed by atoms with E-state index in [1.165, 1.54) is 31.3 Å². The van der Waals surface area contributed by atoms with Crippen molar-refractivity contribution in [2.75, 3.05) is 27.4 Å². The van der Waals surface area contributed by atoms with Crippen molar-refractivity contribution in [3.8, 4) is 17.2 Å². The molecule has 2 rings (SSSR count). The van der Waals surface area contributed by atoms with E-state index in [0.717, 1.165) is 0 Å². The van der Waals surface area contributed by atoms with Crippen molar-refractivity contribution in [2.45, 2.75) is 26.4 Å². The number of halogens is 1. The molecule has 0 fully saturated rings. The average Bonchev–Trinajstić information content (AvgIpc) is 2.76. The fraction of sp³-hybridized carbons (Fsp3) is 0.364. The molecular weight excluding hydrogens is 391 g/mol. The third-order valence-corrected chi connectivity index (χ3v) is 4.47. The van der Waals surface area contributed by atoms with Crippen LogP contribution in [-0.2, 0) is 16.1 Å². The van der Waals surface area contributed by atoms with Crippen LogP contribution >= 0.6 is 0 Å². The molecule has 7 nitrogen and oxygen atoms in total. The Balaban J connectivity index is 2.17. The Morgan fingerprint density at radius 2 is 1.60 bits per heavy atom. The maximum absolute atomic E-state index is 13.2. The van der Waals surface area contributed by atoms with E-state index in [2.05, 4.69) is 5.32 Å². The predicted octanol–water partition coefficient (Wildman–Crippen LogP) is 2.78. The minimum atomic E-state index is -0.731. The van der Waals surface area contributed by atoms with Crippen molar-refractivity contribution < 1.29 is 28.2 Å². The summed E-state index contributed by atoms with van der Waals surface area (Å²) in [6, 6.07) is 10.0. The van der Waals surface area contributed by atoms with E-state index < -0.39 is 6.04 Å². The number of amides is 2. The highest BCUT2D eigenvalue weighted by Crippen LogP contribution is 2.27. The van der Waals surface area contributed by atoms with Gasteiger partial charge in [-0.1, -0.05) is 12.1 Å². The second-order valence-electron chi connectivity index (χ2n) is 6.56. The molecule has 0 aliphatic carbocycles. The number of carbonyl (C=O) groups excluding carboxylic acids is 2. The van der Waals surface area contributed by atoms with Gasteiger partial charge in [-0.05, 0) is 31.5 Å². The van der Waals surface area contributed by atoms with Gasteiger partial charge in [-0.25, -0.2) is 4.39 Å². The molecule has 0 saturated heterocycles. The first kappa shape index (κ1) is 23.0. The first-order chi connectivity index (χ1) is 14.4. The average molecular weight is 418 g/mol. The van der Waals surface area contributed by atoms with E-state index in [9.17, 15) is 14.0 Å². The summed E-state index contributed by atoms with van der Waals surface area (Å²) in [5, 5.41) is 2.71. The Labute approximate surface area is 175 Å². The lowest BCUT2D eigenvalue weighted by Crippen LogP contribution is -2.49. The summed E-state index contributed by atoms with van der Waals surface area (Å²) in [5.41, 5.74) is 0.698. The molecule has 2 aromatic rings. The molecule has 0 aliphatic rings. The Bertz CT molecular complexity index is 835. The fourth-order valence-electron chi connectivity index (χ4n) is 2.78. The van der Waals surface area contributed by atoms with Gasteiger partial charge in [-0.15, -0.1) is 0 Å². The second-order valence-corrected chi connectivity index (χ2v) is 6.56. The number of hydrogen-bond acceptors (Lipinski definition) is 5. The molecule has 1 N–H and O–H groups in total. The molecule has 0 unspecified atom stereocenters. The Hall–Kier alpha value is -3.29. The maximum Gasteiger partial charge on any atom is 0.261 e. The Kier molecular flexibility index (Phi) is 8.46. The van der Waals surface area contributed by atoms with Gasteiger partial charge in [0.1, 0.15) is 29.1 Å². The summed E-state index contributed by atoms with van der Waals surface area (Å²) < 4.78 is 29.3. The summed E-state index contributed by atoms with van der Waals surface area (Å²) in [6.07, 6.45) is 0. The third-order valence-electron chi connectivity index (χ3n) is 4.47. The van der Waals surface area contributed by atoms with E-state index in [-0.39, 0.29) is 30.8 Å². The molecule has 0 radical (unpaired) electrons. The lowest BCUT2D eigenvalue weighted by molar-refractivity contribution is -0.142. The third kappa shape index (κ3) is 6.37. The van der Waals surface area contributed by atoms with Crippen molar-refractivity contribution in [3.63, 3.8) is 0 Å². The molecule has 0 bridgehead atoms. The van der Waals surface area contributed by atoms with E-state index >= 15 is 0 Å². The number of carbonyl (C=O) groups is 2. The Morgan fingerprint density at radius 3 is 2.13 bits per heavy atom. The van der Waals surface area contributed by atoms with Crippen LogP contribution < -0.4 is 19.5 Å². The number of rotatable bonds is 10. The normalized spacial score (nSPS) is 11.4. The topological polar surface area (TPSA) is 77.1 Å². The minimum absolute atomic E-state index is 0.141. The smallest absolute Gasteiger partial charge is 0.261 e. The zero-order valence-corrected chi connectivity index (χ0v) is 17.6. The highest BCUT2D eigenvalue weighted by molar-refractivity contribution is 5.87. The molecule has 30 heavy (non-hydrogen) atoms. The zero-order chi connectivity index (χ0) is 22.1. The SMILES string of the molecule is CCNC(=O)[C@H](C)N(Cc1ccc(F)cc1)C(=O)COc1cc(OC)cc(OC)c1. The zero-order valence-electron chi connectivity index (χ0n) is 17.6. The lowest BCUT2D eigenvalue weighted by atomic mass is 10.1. The van der Waals surface area contributed by atoms with Crippen LogP contribution in [0.4, 0.5) is 4.39 Å². The van der Waals surface area contributed by atoms with Crippen molar-refractivity contribution >= 4 is 11.8 Å². The van der Waals surface area contributed by atoms with Crippen LogP contribution in [0.5, 0.6) is 17.2 Å². The van der Waals surface area contributed by atoms with Crippen molar-refractivity contribution in [1.82, 2.24) is 10.2 Å². The second kappa shape index (κ2) is 11.0. The van der Waals surface area contributed by atoms with Gasteiger partial charge in [0.2, 0.25) is 5.91 Å². The van der Waals surface area contributed by atoms with Gasteiger partial charge in [0.15, 0.2) is 6.61 Å². The van der Waals surface area contributed by atoms with E-state index in [1.807, 2.05) is 0 Å². The summed E-state index contributed by atoms with van der Waals surface area (Å²) in [4.78, 5) is 26.7. The molecule has 1 atom stereocenters. The van der Waals surface area contributed by atoms with Crippen molar-refractivity contribution in [3.05, 3.63) is 53.8 Å². The number of nitrogens with one attached hydrogen (secondary N) is 1. The van der Waals surface area contributed by atoms with Gasteiger partial charge >= 0.3 is 0 Å². The number of methoxy groups -OCH3 is 2. The number of hydrogen-bond donors (Lipinski definition) is 1. The van der Waals surface area contributed by atoms with E-state index in [1.54, 1.807) is 44.2 Å². The molecule has 0 aliphatic heterocycles. The first-order valence-electron chi connectivity index (χ1n) is 9.55. The summed E-state index contributed by atoms with van der Waals surface area (Å²) in [5.74, 6) is 0.401. The molecule has 0 saturated carbocycles. The van der Waals surface area contributed by atoms with Crippen LogP contribution in [-0.4, -0.2) is 50.1 Å². The first-order valence-corrected chi connectivity index (χ1v) is 9.55. The van der Waals surface area contributed by atoms with Gasteiger partial charge in [0, 0.05) is 31.3 Å². The highest BCUT2D eigenvalue weighted by Gasteiger charge is 2.26. The maximum atomic E-state index is 13.2. The summed E-state index contributed by atoms with van der Waals surface area (Å²) in [7, 11) is 3.03. The number of likely N-dealkylation sites (N-methyl/N-ethyl adjacent to an activating group) is 1. The van der Waals surface area contributed by atoms with Gasteiger partial charge in [0.05, 0.1) is 14.2 Å². The monoisotopic (exact) mass is 418 g/mol. The predicted molar refractivity (Wildman–Crippen MR) is 110 cm³/mol. The Morgan fingerprint density at radius 1 is 1.03 bits per heavy atom. The number of ether oxygens (including phenoxy) is 3. The quantitative estimate of drug-likeness (QED) is 0.642. The molecule has 2 aromatic carbocycles. The molecule has 162 valence electrons. The van der Waals surface area contributed by atoms with Crippen LogP contribution in [0.15, 0.2) is 42.5 Å². The van der Waals surface area contributed by atoms with Crippen molar-refractivity contribution in [1.29, 1.82) is 0 Å². The van der Waals surface area contributed by atoms with Crippen LogP contribution in [0.3, 0.4) is 0 Å². The molecular formula is C22H27FN2O5. The van der Waals surface area contributed by atoms with Gasteiger partial charge in [-0.3, -0.25) is 9.59 Å². The summed E-state index contributed by atoms with van der Waals surface area (Å²) >= 11 is 0. The van der Waals surface area contributed by atoms with E-state index in [4.69, 9.17) is 14.2 Å². The number of nitrogens with zero attached hydrogens (tertiary/aromatic N) is 1. The molecule has 0 heterocycles. The standard InChI is InChI=1S/C22H27FN2O5/c1-5-24-22(27)15(2)25(13-16-6-8-17(23)9-7-16)21(26)14-30-20-11-18(28-3)10-19(12-20)29-4/h6-12,15H,5,13-14H2,1-4H3,(H,24,27)/t15-/m0/s1. The van der Waals surface area contributed by atoms with Gasteiger partial charge < -0.3 is 24.4 Å². The molecule has 8 heteroatoms. The van der Waals surface area contributed by atoms with Crippen molar-refractivity contribution in [2.24, 2.45) is 0 Å². The highest BCUT2D eigenvalue weighted by atomic mass is 19.1. The summed E-state index contributed by atoms with van der Waals surface area (Å²) in [6.45, 7) is 3.74. The van der Waals surface area contributed by atoms with Gasteiger partial charge in [-0.2, -0.15) is 0 Å². The van der Waals surface area contributed by atoms with Crippen LogP contribution in [0.25, 0.3) is 0 Å². The molecule has 0 spiro atoms.